The normalized spacial score (nSPS) is 11.9. The smallest absolute Gasteiger partial charge is 0.309 e. The van der Waals surface area contributed by atoms with Crippen molar-refractivity contribution in [1.82, 2.24) is 0 Å². The van der Waals surface area contributed by atoms with Crippen molar-refractivity contribution in [3.05, 3.63) is 35.9 Å². The lowest BCUT2D eigenvalue weighted by molar-refractivity contribution is -0.150. The lowest BCUT2D eigenvalue weighted by atomic mass is 9.94. The Morgan fingerprint density at radius 1 is 0.649 bits per heavy atom. The minimum Gasteiger partial charge on any atom is -0.481 e. The lowest BCUT2D eigenvalue weighted by Crippen LogP contribution is -2.18. The molecule has 4 nitrogen and oxygen atoms in total. The number of esters is 1. The molecule has 1 rings (SSSR count). The first-order chi connectivity index (χ1) is 18.1. The van der Waals surface area contributed by atoms with Gasteiger partial charge in [0.25, 0.3) is 0 Å². The standard InChI is InChI=1S/C33H56O4/c1-2-3-4-5-6-12-15-21-26-31(33(36)37-29-30-24-19-18-20-25-30)27-22-16-13-10-8-7-9-11-14-17-23-28-32(34)35/h18-20,24-25,31H,2-17,21-23,26-29H2,1H3,(H,34,35). The number of carbonyl (C=O) groups is 2. The van der Waals surface area contributed by atoms with E-state index in [1.54, 1.807) is 0 Å². The minimum absolute atomic E-state index is 0.00449. The summed E-state index contributed by atoms with van der Waals surface area (Å²) in [6.07, 6.45) is 25.5. The fraction of sp³-hybridized carbons (Fsp3) is 0.758. The molecule has 0 spiro atoms. The van der Waals surface area contributed by atoms with Crippen LogP contribution in [0.5, 0.6) is 0 Å². The van der Waals surface area contributed by atoms with Gasteiger partial charge in [0.1, 0.15) is 6.61 Å². The second kappa shape index (κ2) is 24.5. The Labute approximate surface area is 228 Å². The zero-order valence-corrected chi connectivity index (χ0v) is 23.9. The molecule has 0 aliphatic rings. The summed E-state index contributed by atoms with van der Waals surface area (Å²) in [6.45, 7) is 2.64. The molecule has 0 saturated carbocycles. The van der Waals surface area contributed by atoms with Gasteiger partial charge in [-0.25, -0.2) is 0 Å². The number of hydrogen-bond donors (Lipinski definition) is 1. The van der Waals surface area contributed by atoms with E-state index < -0.39 is 5.97 Å². The number of carboxylic acid groups (broad SMARTS) is 1. The Morgan fingerprint density at radius 3 is 1.54 bits per heavy atom. The van der Waals surface area contributed by atoms with Gasteiger partial charge in [-0.05, 0) is 24.8 Å². The van der Waals surface area contributed by atoms with Crippen LogP contribution >= 0.6 is 0 Å². The minimum atomic E-state index is -0.677. The van der Waals surface area contributed by atoms with Crippen LogP contribution in [0.25, 0.3) is 0 Å². The Kier molecular flexibility index (Phi) is 22.0. The fourth-order valence-electron chi connectivity index (χ4n) is 5.01. The Balaban J connectivity index is 2.17. The number of carbonyl (C=O) groups excluding carboxylic acids is 1. The molecule has 0 aromatic heterocycles. The van der Waals surface area contributed by atoms with Gasteiger partial charge in [0.05, 0.1) is 5.92 Å². The maximum absolute atomic E-state index is 12.9. The molecule has 0 amide bonds. The molecule has 0 fully saturated rings. The van der Waals surface area contributed by atoms with Crippen molar-refractivity contribution in [2.45, 2.75) is 155 Å². The monoisotopic (exact) mass is 516 g/mol. The van der Waals surface area contributed by atoms with E-state index in [0.717, 1.165) is 50.5 Å². The molecule has 1 unspecified atom stereocenters. The van der Waals surface area contributed by atoms with Crippen molar-refractivity contribution in [2.24, 2.45) is 5.92 Å². The molecule has 37 heavy (non-hydrogen) atoms. The van der Waals surface area contributed by atoms with E-state index in [1.165, 1.54) is 89.9 Å². The van der Waals surface area contributed by atoms with E-state index in [-0.39, 0.29) is 11.9 Å². The third kappa shape index (κ3) is 20.9. The first-order valence-corrected chi connectivity index (χ1v) is 15.6. The summed E-state index contributed by atoms with van der Waals surface area (Å²) in [4.78, 5) is 23.4. The average Bonchev–Trinajstić information content (AvgIpc) is 2.90. The Bertz CT molecular complexity index is 658. The molecular formula is C33H56O4. The van der Waals surface area contributed by atoms with Gasteiger partial charge in [-0.15, -0.1) is 0 Å². The van der Waals surface area contributed by atoms with Gasteiger partial charge in [0, 0.05) is 6.42 Å². The van der Waals surface area contributed by atoms with Crippen molar-refractivity contribution in [3.8, 4) is 0 Å². The third-order valence-corrected chi connectivity index (χ3v) is 7.41. The molecule has 0 aliphatic heterocycles. The Hall–Kier alpha value is -1.84. The van der Waals surface area contributed by atoms with Gasteiger partial charge in [0.2, 0.25) is 0 Å². The molecule has 212 valence electrons. The second-order valence-electron chi connectivity index (χ2n) is 10.9. The summed E-state index contributed by atoms with van der Waals surface area (Å²) < 4.78 is 5.71. The highest BCUT2D eigenvalue weighted by Crippen LogP contribution is 2.22. The summed E-state index contributed by atoms with van der Waals surface area (Å²) in [7, 11) is 0. The highest BCUT2D eigenvalue weighted by Gasteiger charge is 2.19. The first-order valence-electron chi connectivity index (χ1n) is 15.6. The van der Waals surface area contributed by atoms with Gasteiger partial charge in [-0.2, -0.15) is 0 Å². The van der Waals surface area contributed by atoms with Crippen molar-refractivity contribution < 1.29 is 19.4 Å². The number of ether oxygens (including phenoxy) is 1. The van der Waals surface area contributed by atoms with Gasteiger partial charge >= 0.3 is 11.9 Å². The van der Waals surface area contributed by atoms with Crippen molar-refractivity contribution in [2.75, 3.05) is 0 Å². The Morgan fingerprint density at radius 2 is 1.08 bits per heavy atom. The lowest BCUT2D eigenvalue weighted by Gasteiger charge is -2.16. The summed E-state index contributed by atoms with van der Waals surface area (Å²) in [5, 5.41) is 8.66. The molecule has 1 aromatic carbocycles. The van der Waals surface area contributed by atoms with Gasteiger partial charge < -0.3 is 9.84 Å². The molecule has 0 radical (unpaired) electrons. The molecule has 0 aliphatic carbocycles. The van der Waals surface area contributed by atoms with Crippen LogP contribution in [-0.4, -0.2) is 17.0 Å². The maximum Gasteiger partial charge on any atom is 0.309 e. The van der Waals surface area contributed by atoms with E-state index in [2.05, 4.69) is 6.92 Å². The zero-order chi connectivity index (χ0) is 26.8. The zero-order valence-electron chi connectivity index (χ0n) is 23.9. The van der Waals surface area contributed by atoms with Crippen LogP contribution in [-0.2, 0) is 20.9 Å². The molecule has 1 N–H and O–H groups in total. The maximum atomic E-state index is 12.9. The van der Waals surface area contributed by atoms with Crippen LogP contribution in [0, 0.1) is 5.92 Å². The summed E-state index contributed by atoms with van der Waals surface area (Å²) >= 11 is 0. The molecular weight excluding hydrogens is 460 g/mol. The van der Waals surface area contributed by atoms with Crippen LogP contribution in [0.4, 0.5) is 0 Å². The van der Waals surface area contributed by atoms with Crippen LogP contribution in [0.15, 0.2) is 30.3 Å². The van der Waals surface area contributed by atoms with E-state index in [9.17, 15) is 9.59 Å². The van der Waals surface area contributed by atoms with E-state index in [1.807, 2.05) is 30.3 Å². The summed E-state index contributed by atoms with van der Waals surface area (Å²) in [5.41, 5.74) is 1.06. The number of aliphatic carboxylic acids is 1. The largest absolute Gasteiger partial charge is 0.481 e. The number of unbranched alkanes of at least 4 members (excludes halogenated alkanes) is 17. The van der Waals surface area contributed by atoms with Crippen LogP contribution in [0.3, 0.4) is 0 Å². The van der Waals surface area contributed by atoms with Crippen LogP contribution in [0.1, 0.15) is 154 Å². The number of benzene rings is 1. The van der Waals surface area contributed by atoms with Gasteiger partial charge in [0.15, 0.2) is 0 Å². The first kappa shape index (κ1) is 33.2. The highest BCUT2D eigenvalue weighted by atomic mass is 16.5. The summed E-state index contributed by atoms with van der Waals surface area (Å²) in [6, 6.07) is 10.00. The number of carboxylic acids is 1. The second-order valence-corrected chi connectivity index (χ2v) is 10.9. The third-order valence-electron chi connectivity index (χ3n) is 7.41. The summed E-state index contributed by atoms with van der Waals surface area (Å²) in [5.74, 6) is -0.636. The van der Waals surface area contributed by atoms with E-state index in [0.29, 0.717) is 13.0 Å². The van der Waals surface area contributed by atoms with Crippen molar-refractivity contribution in [3.63, 3.8) is 0 Å². The average molecular weight is 517 g/mol. The molecule has 0 bridgehead atoms. The topological polar surface area (TPSA) is 63.6 Å². The van der Waals surface area contributed by atoms with Crippen LogP contribution < -0.4 is 0 Å². The van der Waals surface area contributed by atoms with Crippen molar-refractivity contribution >= 4 is 11.9 Å². The van der Waals surface area contributed by atoms with Gasteiger partial charge in [-0.3, -0.25) is 9.59 Å². The van der Waals surface area contributed by atoms with Gasteiger partial charge in [-0.1, -0.05) is 153 Å². The number of rotatable bonds is 26. The SMILES string of the molecule is CCCCCCCCCCC(CCCCCCCCCCCCCC(=O)O)C(=O)OCc1ccccc1. The van der Waals surface area contributed by atoms with E-state index in [4.69, 9.17) is 9.84 Å². The molecule has 0 heterocycles. The fourth-order valence-corrected chi connectivity index (χ4v) is 5.01. The molecule has 4 heteroatoms. The predicted octanol–water partition coefficient (Wildman–Crippen LogP) is 10.0. The molecule has 0 saturated heterocycles. The van der Waals surface area contributed by atoms with Crippen LogP contribution in [0.2, 0.25) is 0 Å². The number of hydrogen-bond acceptors (Lipinski definition) is 3. The molecule has 1 aromatic rings. The van der Waals surface area contributed by atoms with E-state index >= 15 is 0 Å². The van der Waals surface area contributed by atoms with Crippen molar-refractivity contribution in [1.29, 1.82) is 0 Å². The molecule has 1 atom stereocenters. The quantitative estimate of drug-likeness (QED) is 0.0982. The predicted molar refractivity (Wildman–Crippen MR) is 155 cm³/mol. The highest BCUT2D eigenvalue weighted by molar-refractivity contribution is 5.72.